The highest BCUT2D eigenvalue weighted by Crippen LogP contribution is 2.27. The number of hydrogen-bond donors (Lipinski definition) is 3. The molecule has 3 aromatic rings. The van der Waals surface area contributed by atoms with Gasteiger partial charge in [-0.15, -0.1) is 0 Å². The summed E-state index contributed by atoms with van der Waals surface area (Å²) in [5.74, 6) is 1.50. The van der Waals surface area contributed by atoms with Gasteiger partial charge >= 0.3 is 0 Å². The minimum atomic E-state index is -0.560. The van der Waals surface area contributed by atoms with E-state index in [9.17, 15) is 9.59 Å². The van der Waals surface area contributed by atoms with Crippen molar-refractivity contribution in [2.24, 2.45) is 5.41 Å². The number of nitrogens with zero attached hydrogens (tertiary/aromatic N) is 2. The fourth-order valence-electron chi connectivity index (χ4n) is 2.75. The molecule has 8 nitrogen and oxygen atoms in total. The van der Waals surface area contributed by atoms with E-state index in [-0.39, 0.29) is 23.2 Å². The molecule has 3 rings (SSSR count). The maximum Gasteiger partial charge on any atom is 0.253 e. The smallest absolute Gasteiger partial charge is 0.253 e. The molecule has 31 heavy (non-hydrogen) atoms. The lowest BCUT2D eigenvalue weighted by Gasteiger charge is -2.30. The zero-order chi connectivity index (χ0) is 22.8. The summed E-state index contributed by atoms with van der Waals surface area (Å²) in [5, 5.41) is 9.24. The van der Waals surface area contributed by atoms with E-state index in [0.29, 0.717) is 17.5 Å². The van der Waals surface area contributed by atoms with Crippen LogP contribution in [0.4, 0.5) is 28.8 Å². The molecule has 0 radical (unpaired) electrons. The summed E-state index contributed by atoms with van der Waals surface area (Å²) in [7, 11) is 0. The van der Waals surface area contributed by atoms with Crippen LogP contribution in [0, 0.1) is 5.41 Å². The summed E-state index contributed by atoms with van der Waals surface area (Å²) in [6.45, 7) is 12.1. The monoisotopic (exact) mass is 423 g/mol. The fourth-order valence-corrected chi connectivity index (χ4v) is 2.75. The fraction of sp³-hybridized carbons (Fsp3) is 0.391. The number of hydrogen-bond acceptors (Lipinski definition) is 8. The van der Waals surface area contributed by atoms with Crippen molar-refractivity contribution in [1.82, 2.24) is 9.97 Å². The van der Waals surface area contributed by atoms with Crippen LogP contribution in [0.1, 0.15) is 41.5 Å². The van der Waals surface area contributed by atoms with Crippen molar-refractivity contribution in [2.45, 2.75) is 53.7 Å². The number of anilines is 5. The van der Waals surface area contributed by atoms with E-state index in [1.165, 1.54) is 0 Å². The number of ether oxygens (including phenoxy) is 1. The Labute approximate surface area is 181 Å². The third kappa shape index (κ3) is 5.39. The molecule has 0 spiro atoms. The first-order valence-electron chi connectivity index (χ1n) is 10.3. The molecule has 1 atom stereocenters. The summed E-state index contributed by atoms with van der Waals surface area (Å²) < 4.78 is 5.70. The molecule has 0 amide bonds. The van der Waals surface area contributed by atoms with Crippen molar-refractivity contribution in [3.8, 4) is 5.75 Å². The summed E-state index contributed by atoms with van der Waals surface area (Å²) in [6, 6.07) is 9.12. The highest BCUT2D eigenvalue weighted by Gasteiger charge is 2.27. The van der Waals surface area contributed by atoms with Gasteiger partial charge in [-0.05, 0) is 44.4 Å². The molecule has 0 aliphatic heterocycles. The number of rotatable bonds is 8. The number of benzene rings is 1. The Hall–Kier alpha value is -3.42. The van der Waals surface area contributed by atoms with E-state index in [1.54, 1.807) is 12.3 Å². The van der Waals surface area contributed by atoms with Gasteiger partial charge < -0.3 is 20.7 Å². The molecule has 0 aliphatic carbocycles. The molecule has 0 saturated carbocycles. The van der Waals surface area contributed by atoms with Gasteiger partial charge in [0.25, 0.3) is 10.9 Å². The average molecular weight is 424 g/mol. The SMILES string of the molecule is CC(C)Oc1cccc(Nc2nccc(Nc3c(NC(C)C(C)(C)C)c(=O)c3=O)n2)c1. The van der Waals surface area contributed by atoms with Crippen molar-refractivity contribution in [1.29, 1.82) is 0 Å². The third-order valence-corrected chi connectivity index (χ3v) is 4.94. The lowest BCUT2D eigenvalue weighted by Crippen LogP contribution is -2.41. The van der Waals surface area contributed by atoms with Crippen molar-refractivity contribution in [2.75, 3.05) is 16.0 Å². The van der Waals surface area contributed by atoms with Crippen LogP contribution < -0.4 is 31.5 Å². The van der Waals surface area contributed by atoms with Gasteiger partial charge in [0.1, 0.15) is 22.9 Å². The first kappa shape index (κ1) is 22.3. The van der Waals surface area contributed by atoms with Crippen LogP contribution in [0.3, 0.4) is 0 Å². The lowest BCUT2D eigenvalue weighted by molar-refractivity contribution is 0.242. The first-order chi connectivity index (χ1) is 14.5. The van der Waals surface area contributed by atoms with E-state index in [0.717, 1.165) is 11.4 Å². The van der Waals surface area contributed by atoms with E-state index >= 15 is 0 Å². The average Bonchev–Trinajstić information content (AvgIpc) is 2.69. The van der Waals surface area contributed by atoms with Crippen LogP contribution in [-0.2, 0) is 0 Å². The third-order valence-electron chi connectivity index (χ3n) is 4.94. The predicted octanol–water partition coefficient (Wildman–Crippen LogP) is 4.19. The number of aromatic nitrogens is 2. The highest BCUT2D eigenvalue weighted by atomic mass is 16.5. The molecular formula is C23H29N5O3. The summed E-state index contributed by atoms with van der Waals surface area (Å²) in [4.78, 5) is 32.8. The molecule has 2 aromatic carbocycles. The second-order valence-corrected chi connectivity index (χ2v) is 8.85. The van der Waals surface area contributed by atoms with E-state index in [2.05, 4.69) is 46.7 Å². The molecule has 3 N–H and O–H groups in total. The Morgan fingerprint density at radius 3 is 2.35 bits per heavy atom. The molecule has 0 saturated heterocycles. The molecule has 8 heteroatoms. The largest absolute Gasteiger partial charge is 0.491 e. The van der Waals surface area contributed by atoms with Crippen LogP contribution >= 0.6 is 0 Å². The minimum Gasteiger partial charge on any atom is -0.491 e. The molecule has 164 valence electrons. The Morgan fingerprint density at radius 1 is 0.968 bits per heavy atom. The molecule has 1 aromatic heterocycles. The quantitative estimate of drug-likeness (QED) is 0.463. The summed E-state index contributed by atoms with van der Waals surface area (Å²) in [6.07, 6.45) is 1.64. The Morgan fingerprint density at radius 2 is 1.68 bits per heavy atom. The Bertz CT molecular complexity index is 1130. The van der Waals surface area contributed by atoms with Crippen LogP contribution in [0.2, 0.25) is 0 Å². The van der Waals surface area contributed by atoms with Crippen molar-refractivity contribution in [3.63, 3.8) is 0 Å². The second kappa shape index (κ2) is 8.75. The van der Waals surface area contributed by atoms with Gasteiger partial charge in [-0.2, -0.15) is 4.98 Å². The van der Waals surface area contributed by atoms with E-state index < -0.39 is 10.9 Å². The van der Waals surface area contributed by atoms with Crippen LogP contribution in [0.25, 0.3) is 0 Å². The van der Waals surface area contributed by atoms with Crippen molar-refractivity contribution >= 4 is 28.8 Å². The second-order valence-electron chi connectivity index (χ2n) is 8.85. The van der Waals surface area contributed by atoms with E-state index in [4.69, 9.17) is 4.74 Å². The topological polar surface area (TPSA) is 105 Å². The van der Waals surface area contributed by atoms with Gasteiger partial charge in [0, 0.05) is 24.0 Å². The normalized spacial score (nSPS) is 12.6. The van der Waals surface area contributed by atoms with Gasteiger partial charge in [0.2, 0.25) is 5.95 Å². The van der Waals surface area contributed by atoms with Crippen LogP contribution in [0.15, 0.2) is 46.1 Å². The first-order valence-corrected chi connectivity index (χ1v) is 10.3. The van der Waals surface area contributed by atoms with Crippen LogP contribution in [0.5, 0.6) is 5.75 Å². The van der Waals surface area contributed by atoms with Gasteiger partial charge in [-0.1, -0.05) is 26.8 Å². The maximum atomic E-state index is 12.1. The molecule has 0 fully saturated rings. The van der Waals surface area contributed by atoms with Gasteiger partial charge in [-0.25, -0.2) is 4.98 Å². The standard InChI is InChI=1S/C23H29N5O3/c1-13(2)31-16-9-7-8-15(12-16)26-22-24-11-10-17(28-22)27-19-18(20(29)21(19)30)25-14(3)23(4,5)6/h7-14,25H,1-6H3,(H2,24,26,27,28). The lowest BCUT2D eigenvalue weighted by atomic mass is 9.87. The number of nitrogens with one attached hydrogen (secondary N) is 3. The highest BCUT2D eigenvalue weighted by molar-refractivity contribution is 5.78. The van der Waals surface area contributed by atoms with Gasteiger partial charge in [-0.3, -0.25) is 9.59 Å². The van der Waals surface area contributed by atoms with E-state index in [1.807, 2.05) is 45.0 Å². The molecule has 1 unspecified atom stereocenters. The zero-order valence-corrected chi connectivity index (χ0v) is 18.7. The van der Waals surface area contributed by atoms with Gasteiger partial charge in [0.05, 0.1) is 6.10 Å². The van der Waals surface area contributed by atoms with Crippen molar-refractivity contribution in [3.05, 3.63) is 57.0 Å². The van der Waals surface area contributed by atoms with Crippen molar-refractivity contribution < 1.29 is 4.74 Å². The predicted molar refractivity (Wildman–Crippen MR) is 125 cm³/mol. The summed E-state index contributed by atoms with van der Waals surface area (Å²) in [5.41, 5.74) is 0.128. The Kier molecular flexibility index (Phi) is 6.29. The maximum absolute atomic E-state index is 12.1. The molecule has 0 aliphatic rings. The Balaban J connectivity index is 1.76. The van der Waals surface area contributed by atoms with Crippen LogP contribution in [-0.4, -0.2) is 22.1 Å². The molecule has 0 bridgehead atoms. The molecular weight excluding hydrogens is 394 g/mol. The summed E-state index contributed by atoms with van der Waals surface area (Å²) >= 11 is 0. The zero-order valence-electron chi connectivity index (χ0n) is 18.7. The van der Waals surface area contributed by atoms with Gasteiger partial charge in [0.15, 0.2) is 0 Å². The molecule has 1 heterocycles. The minimum absolute atomic E-state index is 0.000638.